The van der Waals surface area contributed by atoms with Crippen LogP contribution in [-0.4, -0.2) is 48.9 Å². The number of benzene rings is 1. The second-order valence-corrected chi connectivity index (χ2v) is 5.46. The van der Waals surface area contributed by atoms with E-state index in [1.54, 1.807) is 11.9 Å². The van der Waals surface area contributed by atoms with Gasteiger partial charge in [0.05, 0.1) is 12.6 Å². The van der Waals surface area contributed by atoms with Crippen molar-refractivity contribution in [2.24, 2.45) is 0 Å². The fourth-order valence-corrected chi connectivity index (χ4v) is 2.65. The smallest absolute Gasteiger partial charge is 0.321 e. The number of hydrogen-bond acceptors (Lipinski definition) is 4. The Balaban J connectivity index is 1.75. The van der Waals surface area contributed by atoms with Crippen LogP contribution in [0.4, 0.5) is 4.79 Å². The highest BCUT2D eigenvalue weighted by Gasteiger charge is 2.31. The molecule has 0 bridgehead atoms. The van der Waals surface area contributed by atoms with Gasteiger partial charge >= 0.3 is 6.03 Å². The molecule has 0 unspecified atom stereocenters. The summed E-state index contributed by atoms with van der Waals surface area (Å²) >= 11 is 0. The van der Waals surface area contributed by atoms with Gasteiger partial charge in [-0.05, 0) is 24.9 Å². The maximum absolute atomic E-state index is 11.9. The van der Waals surface area contributed by atoms with E-state index in [0.717, 1.165) is 18.4 Å². The number of nitrogens with one attached hydrogen (secondary N) is 3. The molecule has 1 aromatic carbocycles. The summed E-state index contributed by atoms with van der Waals surface area (Å²) in [6.45, 7) is 1.07. The SMILES string of the molecule is CNC(=O)[C@@H]1CCCN1CC(=O)NC(=O)NCc1ccccc1. The minimum Gasteiger partial charge on any atom is -0.358 e. The number of rotatable bonds is 5. The van der Waals surface area contributed by atoms with Crippen molar-refractivity contribution < 1.29 is 14.4 Å². The lowest BCUT2D eigenvalue weighted by Gasteiger charge is -2.22. The summed E-state index contributed by atoms with van der Waals surface area (Å²) in [4.78, 5) is 37.2. The molecule has 7 nitrogen and oxygen atoms in total. The molecule has 1 atom stereocenters. The van der Waals surface area contributed by atoms with Gasteiger partial charge in [0.25, 0.3) is 0 Å². The van der Waals surface area contributed by atoms with Gasteiger partial charge in [-0.2, -0.15) is 0 Å². The van der Waals surface area contributed by atoms with Crippen LogP contribution in [0.3, 0.4) is 0 Å². The number of likely N-dealkylation sites (N-methyl/N-ethyl adjacent to an activating group) is 1. The van der Waals surface area contributed by atoms with Gasteiger partial charge in [0.1, 0.15) is 0 Å². The van der Waals surface area contributed by atoms with Crippen LogP contribution in [0.5, 0.6) is 0 Å². The van der Waals surface area contributed by atoms with Crippen LogP contribution < -0.4 is 16.0 Å². The molecule has 0 spiro atoms. The number of carbonyl (C=O) groups is 3. The second kappa shape index (κ2) is 8.28. The maximum atomic E-state index is 11.9. The molecule has 4 amide bonds. The van der Waals surface area contributed by atoms with Crippen molar-refractivity contribution in [2.75, 3.05) is 20.1 Å². The first-order valence-corrected chi connectivity index (χ1v) is 7.67. The highest BCUT2D eigenvalue weighted by atomic mass is 16.2. The van der Waals surface area contributed by atoms with Crippen LogP contribution >= 0.6 is 0 Å². The molecule has 7 heteroatoms. The normalized spacial score (nSPS) is 17.5. The van der Waals surface area contributed by atoms with Crippen molar-refractivity contribution in [3.63, 3.8) is 0 Å². The Morgan fingerprint density at radius 2 is 1.96 bits per heavy atom. The summed E-state index contributed by atoms with van der Waals surface area (Å²) < 4.78 is 0. The van der Waals surface area contributed by atoms with E-state index >= 15 is 0 Å². The van der Waals surface area contributed by atoms with Gasteiger partial charge in [-0.25, -0.2) is 4.79 Å². The number of imide groups is 1. The average molecular weight is 318 g/mol. The summed E-state index contributed by atoms with van der Waals surface area (Å²) in [6, 6.07) is 8.61. The Hall–Kier alpha value is -2.41. The van der Waals surface area contributed by atoms with E-state index in [9.17, 15) is 14.4 Å². The fraction of sp³-hybridized carbons (Fsp3) is 0.438. The summed E-state index contributed by atoms with van der Waals surface area (Å²) in [7, 11) is 1.58. The van der Waals surface area contributed by atoms with Crippen LogP contribution in [0.15, 0.2) is 30.3 Å². The predicted octanol–water partition coefficient (Wildman–Crippen LogP) is 0.223. The summed E-state index contributed by atoms with van der Waals surface area (Å²) in [5.41, 5.74) is 0.953. The molecular weight excluding hydrogens is 296 g/mol. The van der Waals surface area contributed by atoms with Crippen molar-refractivity contribution in [1.29, 1.82) is 0 Å². The quantitative estimate of drug-likeness (QED) is 0.724. The molecule has 1 aliphatic heterocycles. The summed E-state index contributed by atoms with van der Waals surface area (Å²) in [6.07, 6.45) is 1.60. The summed E-state index contributed by atoms with van der Waals surface area (Å²) in [5.74, 6) is -0.504. The van der Waals surface area contributed by atoms with Gasteiger partial charge in [0.15, 0.2) is 0 Å². The monoisotopic (exact) mass is 318 g/mol. The highest BCUT2D eigenvalue weighted by molar-refractivity contribution is 5.95. The van der Waals surface area contributed by atoms with E-state index in [0.29, 0.717) is 13.1 Å². The Morgan fingerprint density at radius 3 is 2.65 bits per heavy atom. The van der Waals surface area contributed by atoms with Crippen molar-refractivity contribution in [3.8, 4) is 0 Å². The molecule has 124 valence electrons. The lowest BCUT2D eigenvalue weighted by molar-refractivity contribution is -0.126. The minimum absolute atomic E-state index is 0.0385. The van der Waals surface area contributed by atoms with Crippen LogP contribution in [0.1, 0.15) is 18.4 Å². The van der Waals surface area contributed by atoms with Crippen molar-refractivity contribution >= 4 is 17.8 Å². The van der Waals surface area contributed by atoms with Gasteiger partial charge in [-0.3, -0.25) is 19.8 Å². The van der Waals surface area contributed by atoms with Crippen LogP contribution in [-0.2, 0) is 16.1 Å². The zero-order valence-corrected chi connectivity index (χ0v) is 13.2. The maximum Gasteiger partial charge on any atom is 0.321 e. The number of hydrogen-bond donors (Lipinski definition) is 3. The first kappa shape index (κ1) is 17.0. The topological polar surface area (TPSA) is 90.5 Å². The number of urea groups is 1. The predicted molar refractivity (Wildman–Crippen MR) is 85.5 cm³/mol. The van der Waals surface area contributed by atoms with Crippen LogP contribution in [0.25, 0.3) is 0 Å². The largest absolute Gasteiger partial charge is 0.358 e. The molecule has 23 heavy (non-hydrogen) atoms. The van der Waals surface area contributed by atoms with E-state index < -0.39 is 11.9 Å². The molecule has 1 heterocycles. The molecule has 0 aromatic heterocycles. The second-order valence-electron chi connectivity index (χ2n) is 5.46. The third kappa shape index (κ3) is 5.07. The fourth-order valence-electron chi connectivity index (χ4n) is 2.65. The molecule has 3 N–H and O–H groups in total. The minimum atomic E-state index is -0.533. The van der Waals surface area contributed by atoms with Gasteiger partial charge in [0.2, 0.25) is 11.8 Å². The molecule has 1 aliphatic rings. The molecule has 1 aromatic rings. The molecule has 0 saturated carbocycles. The molecule has 0 aliphatic carbocycles. The molecule has 2 rings (SSSR count). The molecule has 0 radical (unpaired) electrons. The standard InChI is InChI=1S/C16H22N4O3/c1-17-15(22)13-8-5-9-20(13)11-14(21)19-16(23)18-10-12-6-3-2-4-7-12/h2-4,6-7,13H,5,8-11H2,1H3,(H,17,22)(H2,18,19,21,23)/t13-/m0/s1. The van der Waals surface area contributed by atoms with Crippen molar-refractivity contribution in [2.45, 2.75) is 25.4 Å². The third-order valence-corrected chi connectivity index (χ3v) is 3.81. The Labute approximate surface area is 135 Å². The van der Waals surface area contributed by atoms with E-state index in [4.69, 9.17) is 0 Å². The van der Waals surface area contributed by atoms with E-state index in [1.165, 1.54) is 0 Å². The van der Waals surface area contributed by atoms with E-state index in [1.807, 2.05) is 30.3 Å². The highest BCUT2D eigenvalue weighted by Crippen LogP contribution is 2.16. The van der Waals surface area contributed by atoms with Crippen molar-refractivity contribution in [1.82, 2.24) is 20.9 Å². The van der Waals surface area contributed by atoms with Crippen LogP contribution in [0.2, 0.25) is 0 Å². The molecule has 1 fully saturated rings. The van der Waals surface area contributed by atoms with Gasteiger partial charge < -0.3 is 10.6 Å². The lowest BCUT2D eigenvalue weighted by Crippen LogP contribution is -2.48. The Kier molecular flexibility index (Phi) is 6.10. The van der Waals surface area contributed by atoms with Gasteiger partial charge in [-0.15, -0.1) is 0 Å². The number of amides is 4. The molecule has 1 saturated heterocycles. The van der Waals surface area contributed by atoms with Crippen LogP contribution in [0, 0.1) is 0 Å². The zero-order valence-electron chi connectivity index (χ0n) is 13.2. The Morgan fingerprint density at radius 1 is 1.22 bits per heavy atom. The zero-order chi connectivity index (χ0) is 16.7. The number of carbonyl (C=O) groups excluding carboxylic acids is 3. The van der Waals surface area contributed by atoms with Gasteiger partial charge in [0, 0.05) is 13.6 Å². The van der Waals surface area contributed by atoms with E-state index in [-0.39, 0.29) is 18.5 Å². The summed E-state index contributed by atoms with van der Waals surface area (Å²) in [5, 5.41) is 7.52. The number of likely N-dealkylation sites (tertiary alicyclic amines) is 1. The molecular formula is C16H22N4O3. The Bertz CT molecular complexity index is 562. The van der Waals surface area contributed by atoms with Crippen molar-refractivity contribution in [3.05, 3.63) is 35.9 Å². The third-order valence-electron chi connectivity index (χ3n) is 3.81. The van der Waals surface area contributed by atoms with Gasteiger partial charge in [-0.1, -0.05) is 30.3 Å². The number of nitrogens with zero attached hydrogens (tertiary/aromatic N) is 1. The van der Waals surface area contributed by atoms with E-state index in [2.05, 4.69) is 16.0 Å². The lowest BCUT2D eigenvalue weighted by atomic mass is 10.2. The average Bonchev–Trinajstić information content (AvgIpc) is 3.01. The first-order chi connectivity index (χ1) is 11.1. The first-order valence-electron chi connectivity index (χ1n) is 7.67.